The number of hydrogen-bond acceptors (Lipinski definition) is 5. The highest BCUT2D eigenvalue weighted by Gasteiger charge is 2.33. The summed E-state index contributed by atoms with van der Waals surface area (Å²) in [7, 11) is -3.52. The van der Waals surface area contributed by atoms with Gasteiger partial charge in [0.2, 0.25) is 5.96 Å². The number of rotatable bonds is 5. The van der Waals surface area contributed by atoms with Gasteiger partial charge >= 0.3 is 6.18 Å². The summed E-state index contributed by atoms with van der Waals surface area (Å²) in [5.74, 6) is 0.215. The minimum atomic E-state index is -4.59. The van der Waals surface area contributed by atoms with E-state index in [1.54, 1.807) is 12.1 Å². The van der Waals surface area contributed by atoms with Gasteiger partial charge in [-0.2, -0.15) is 18.2 Å². The van der Waals surface area contributed by atoms with Gasteiger partial charge in [-0.25, -0.2) is 18.4 Å². The second-order valence-corrected chi connectivity index (χ2v) is 10.7. The third-order valence-electron chi connectivity index (χ3n) is 4.90. The molecule has 0 amide bonds. The monoisotopic (exact) mass is 527 g/mol. The lowest BCUT2D eigenvalue weighted by atomic mass is 10.0. The molecule has 0 saturated heterocycles. The van der Waals surface area contributed by atoms with Crippen LogP contribution in [-0.2, 0) is 16.0 Å². The van der Waals surface area contributed by atoms with Crippen molar-refractivity contribution in [3.63, 3.8) is 0 Å². The van der Waals surface area contributed by atoms with E-state index < -0.39 is 21.7 Å². The van der Waals surface area contributed by atoms with Gasteiger partial charge in [-0.3, -0.25) is 0 Å². The third kappa shape index (κ3) is 7.04. The number of guanidine groups is 1. The van der Waals surface area contributed by atoms with Crippen molar-refractivity contribution in [3.05, 3.63) is 58.9 Å². The maximum atomic E-state index is 13.2. The smallest absolute Gasteiger partial charge is 0.343 e. The number of pyridine rings is 1. The lowest BCUT2D eigenvalue weighted by Crippen LogP contribution is -2.24. The first-order chi connectivity index (χ1) is 16.3. The summed E-state index contributed by atoms with van der Waals surface area (Å²) in [6.45, 7) is 5.56. The minimum absolute atomic E-state index is 0.0355. The van der Waals surface area contributed by atoms with E-state index in [9.17, 15) is 21.6 Å². The molecule has 1 unspecified atom stereocenters. The van der Waals surface area contributed by atoms with Crippen LogP contribution < -0.4 is 10.6 Å². The molecule has 1 aromatic carbocycles. The zero-order chi connectivity index (χ0) is 26.0. The fourth-order valence-electron chi connectivity index (χ4n) is 3.29. The van der Waals surface area contributed by atoms with E-state index in [1.165, 1.54) is 24.3 Å². The van der Waals surface area contributed by atoms with Crippen LogP contribution in [0.3, 0.4) is 0 Å². The van der Waals surface area contributed by atoms with E-state index in [2.05, 4.69) is 25.6 Å². The molecular formula is C23H25ClF3N5O2S. The number of nitrogens with one attached hydrogen (secondary N) is 2. The molecule has 1 aliphatic rings. The number of hydrogen-bond donors (Lipinski definition) is 2. The fraction of sp³-hybridized carbons (Fsp3) is 0.348. The summed E-state index contributed by atoms with van der Waals surface area (Å²) in [4.78, 5) is 12.8. The van der Waals surface area contributed by atoms with Crippen LogP contribution in [0.1, 0.15) is 38.6 Å². The number of halogens is 4. The summed E-state index contributed by atoms with van der Waals surface area (Å²) in [5.41, 5.74) is -0.198. The number of nitrogens with zero attached hydrogens (tertiary/aromatic N) is 3. The van der Waals surface area contributed by atoms with Gasteiger partial charge in [0, 0.05) is 28.9 Å². The van der Waals surface area contributed by atoms with Crippen LogP contribution in [-0.4, -0.2) is 37.5 Å². The molecule has 2 aromatic rings. The molecule has 0 saturated carbocycles. The van der Waals surface area contributed by atoms with E-state index in [1.807, 2.05) is 20.8 Å². The standard InChI is InChI=1S/C23H25ClF3N5O2S/c1-5-14-9-19(18-7-6-8-20(30-18)23(25,26)27)31-22(28-13(2)3)32-21(14)29-16-10-15(24)11-17(12-16)35(4,33)34/h6-14H,5H2,1-4H3,(H2,28,29,31,32). The molecule has 3 rings (SSSR count). The SMILES string of the molecule is CCC1C=C(c2cccc(C(F)(F)F)n2)NC(=NC(C)C)N=C1Nc1cc(Cl)cc(S(C)(=O)=O)c1. The maximum Gasteiger partial charge on any atom is 0.433 e. The first-order valence-electron chi connectivity index (χ1n) is 10.7. The van der Waals surface area contributed by atoms with Crippen LogP contribution in [0.25, 0.3) is 5.70 Å². The van der Waals surface area contributed by atoms with Gasteiger partial charge in [0.05, 0.1) is 16.3 Å². The minimum Gasteiger partial charge on any atom is -0.343 e. The lowest BCUT2D eigenvalue weighted by Gasteiger charge is -2.16. The van der Waals surface area contributed by atoms with Crippen molar-refractivity contribution in [1.82, 2.24) is 10.3 Å². The average Bonchev–Trinajstić information content (AvgIpc) is 2.90. The Balaban J connectivity index is 2.09. The van der Waals surface area contributed by atoms with E-state index in [-0.39, 0.29) is 33.5 Å². The Bertz CT molecular complexity index is 1300. The first kappa shape index (κ1) is 26.7. The van der Waals surface area contributed by atoms with Gasteiger partial charge in [-0.05, 0) is 56.7 Å². The van der Waals surface area contributed by atoms with Gasteiger partial charge in [0.15, 0.2) is 9.84 Å². The Labute approximate surface area is 207 Å². The van der Waals surface area contributed by atoms with Crippen LogP contribution in [0.5, 0.6) is 0 Å². The topological polar surface area (TPSA) is 95.8 Å². The van der Waals surface area contributed by atoms with Gasteiger partial charge in [0.25, 0.3) is 0 Å². The first-order valence-corrected chi connectivity index (χ1v) is 13.0. The average molecular weight is 528 g/mol. The Morgan fingerprint density at radius 2 is 1.94 bits per heavy atom. The number of sulfone groups is 1. The van der Waals surface area contributed by atoms with E-state index in [0.29, 0.717) is 23.6 Å². The normalized spacial score (nSPS) is 18.1. The second kappa shape index (κ2) is 10.4. The molecule has 0 fully saturated rings. The molecule has 1 atom stereocenters. The predicted octanol–water partition coefficient (Wildman–Crippen LogP) is 5.40. The van der Waals surface area contributed by atoms with Crippen LogP contribution in [0, 0.1) is 5.92 Å². The summed E-state index contributed by atoms with van der Waals surface area (Å²) in [5, 5.41) is 6.34. The summed E-state index contributed by atoms with van der Waals surface area (Å²) < 4.78 is 63.8. The van der Waals surface area contributed by atoms with Crippen LogP contribution >= 0.6 is 11.6 Å². The molecule has 1 aliphatic heterocycles. The summed E-state index contributed by atoms with van der Waals surface area (Å²) in [6, 6.07) is 7.84. The largest absolute Gasteiger partial charge is 0.433 e. The Morgan fingerprint density at radius 3 is 2.54 bits per heavy atom. The number of aromatic nitrogens is 1. The molecule has 7 nitrogen and oxygen atoms in total. The van der Waals surface area contributed by atoms with Crippen molar-refractivity contribution in [1.29, 1.82) is 0 Å². The number of amidine groups is 1. The Morgan fingerprint density at radius 1 is 1.23 bits per heavy atom. The van der Waals surface area contributed by atoms with Crippen LogP contribution in [0.15, 0.2) is 57.4 Å². The molecule has 0 bridgehead atoms. The van der Waals surface area contributed by atoms with Crippen molar-refractivity contribution in [2.45, 2.75) is 44.3 Å². The molecule has 0 spiro atoms. The lowest BCUT2D eigenvalue weighted by molar-refractivity contribution is -0.141. The second-order valence-electron chi connectivity index (χ2n) is 8.24. The zero-order valence-corrected chi connectivity index (χ0v) is 21.1. The molecule has 2 heterocycles. The molecule has 0 radical (unpaired) electrons. The number of aliphatic imine (C=N–C) groups is 2. The summed E-state index contributed by atoms with van der Waals surface area (Å²) in [6.07, 6.45) is -1.26. The summed E-state index contributed by atoms with van der Waals surface area (Å²) >= 11 is 6.14. The number of benzene rings is 1. The Kier molecular flexibility index (Phi) is 7.90. The fourth-order valence-corrected chi connectivity index (χ4v) is 4.28. The molecule has 0 aliphatic carbocycles. The van der Waals surface area contributed by atoms with E-state index in [0.717, 1.165) is 12.3 Å². The molecule has 35 heavy (non-hydrogen) atoms. The Hall–Kier alpha value is -2.92. The predicted molar refractivity (Wildman–Crippen MR) is 132 cm³/mol. The van der Waals surface area contributed by atoms with Crippen molar-refractivity contribution < 1.29 is 21.6 Å². The highest BCUT2D eigenvalue weighted by Crippen LogP contribution is 2.29. The van der Waals surface area contributed by atoms with Crippen LogP contribution in [0.2, 0.25) is 5.02 Å². The zero-order valence-electron chi connectivity index (χ0n) is 19.5. The highest BCUT2D eigenvalue weighted by atomic mass is 35.5. The van der Waals surface area contributed by atoms with E-state index >= 15 is 0 Å². The van der Waals surface area contributed by atoms with Gasteiger partial charge in [0.1, 0.15) is 11.5 Å². The maximum absolute atomic E-state index is 13.2. The van der Waals surface area contributed by atoms with Crippen molar-refractivity contribution in [2.24, 2.45) is 15.9 Å². The van der Waals surface area contributed by atoms with Crippen molar-refractivity contribution >= 4 is 44.6 Å². The van der Waals surface area contributed by atoms with Gasteiger partial charge < -0.3 is 10.6 Å². The molecule has 12 heteroatoms. The molecule has 188 valence electrons. The highest BCUT2D eigenvalue weighted by molar-refractivity contribution is 7.90. The van der Waals surface area contributed by atoms with Gasteiger partial charge in [-0.1, -0.05) is 24.6 Å². The van der Waals surface area contributed by atoms with E-state index in [4.69, 9.17) is 11.6 Å². The van der Waals surface area contributed by atoms with Crippen molar-refractivity contribution in [2.75, 3.05) is 11.6 Å². The van der Waals surface area contributed by atoms with Crippen molar-refractivity contribution in [3.8, 4) is 0 Å². The van der Waals surface area contributed by atoms with Crippen LogP contribution in [0.4, 0.5) is 18.9 Å². The van der Waals surface area contributed by atoms with Gasteiger partial charge in [-0.15, -0.1) is 0 Å². The number of alkyl halides is 3. The third-order valence-corrected chi connectivity index (χ3v) is 6.21. The molecule has 2 N–H and O–H groups in total. The quantitative estimate of drug-likeness (QED) is 0.542. The number of anilines is 1. The molecule has 1 aromatic heterocycles. The molecular weight excluding hydrogens is 503 g/mol.